The van der Waals surface area contributed by atoms with Gasteiger partial charge in [0.15, 0.2) is 5.75 Å². The zero-order chi connectivity index (χ0) is 62.1. The van der Waals surface area contributed by atoms with E-state index in [9.17, 15) is 67.2 Å². The predicted octanol–water partition coefficient (Wildman–Crippen LogP) is 7.47. The number of nitrogens with one attached hydrogen (secondary N) is 2. The van der Waals surface area contributed by atoms with Gasteiger partial charge in [0.1, 0.15) is 63.2 Å². The molecule has 8 rings (SSSR count). The van der Waals surface area contributed by atoms with Gasteiger partial charge in [-0.05, 0) is 101 Å². The van der Waals surface area contributed by atoms with Crippen molar-refractivity contribution in [1.82, 2.24) is 29.9 Å². The standard InChI is InChI=1S/C48H45Cl2N15O15S6/c49-43-54-45(58-47(56-43)64(15-19-81-21-17-66)30-7-3-1-4-8-30)52-28-11-13-34(83(69,70)71)32(25-28)60-62-40-36(85(75,76)77)23-27-24-37(86(78,79)80)41(42(68)38(27)39(40)51)63-61-33-26-29(12-14-35(33)84(72,73)74)53-46-55-44(50)57-48(59-46)65(16-20-82-22-18-67)31-9-5-2-6-10-31/h1-14,23-26,66-68H,15-22,51H2,(H,69,70,71)(H,72,73,74)(H,75,76,77)(H,78,79,80)(H,52,54,56,58)(H,53,55,57,59)/p-4. The molecule has 7 N–H and O–H groups in total. The van der Waals surface area contributed by atoms with Crippen molar-refractivity contribution in [2.45, 2.75) is 19.6 Å². The number of aromatic hydroxyl groups is 1. The Kier molecular flexibility index (Phi) is 20.6. The highest BCUT2D eigenvalue weighted by Crippen LogP contribution is 2.49. The number of thioether (sulfide) groups is 2. The quantitative estimate of drug-likeness (QED) is 0.0132. The number of aliphatic hydroxyl groups excluding tert-OH is 2. The molecule has 2 heterocycles. The van der Waals surface area contributed by atoms with Gasteiger partial charge in [-0.1, -0.05) is 36.4 Å². The highest BCUT2D eigenvalue weighted by molar-refractivity contribution is 7.99. The van der Waals surface area contributed by atoms with Crippen LogP contribution in [0.3, 0.4) is 0 Å². The van der Waals surface area contributed by atoms with Gasteiger partial charge in [0.25, 0.3) is 0 Å². The first kappa shape index (κ1) is 64.4. The lowest BCUT2D eigenvalue weighted by atomic mass is 10.1. The molecule has 0 aliphatic heterocycles. The number of rotatable bonds is 26. The Hall–Kier alpha value is -7.56. The van der Waals surface area contributed by atoms with E-state index in [1.807, 2.05) is 0 Å². The first-order valence-corrected chi connectivity index (χ1v) is 32.9. The Bertz CT molecular complexity index is 4110. The van der Waals surface area contributed by atoms with Gasteiger partial charge < -0.3 is 59.7 Å². The zero-order valence-electron chi connectivity index (χ0n) is 43.4. The second-order valence-electron chi connectivity index (χ2n) is 17.2. The number of nitrogens with two attached hydrogens (primary N) is 1. The predicted molar refractivity (Wildman–Crippen MR) is 315 cm³/mol. The fourth-order valence-corrected chi connectivity index (χ4v) is 12.0. The molecule has 30 nitrogen and oxygen atoms in total. The number of hydrogen-bond donors (Lipinski definition) is 6. The number of azo groups is 2. The number of para-hydroxylation sites is 2. The van der Waals surface area contributed by atoms with Gasteiger partial charge in [-0.3, -0.25) is 0 Å². The minimum absolute atomic E-state index is 0.0392. The topological polar surface area (TPSA) is 473 Å². The highest BCUT2D eigenvalue weighted by atomic mass is 35.5. The largest absolute Gasteiger partial charge is 0.744 e. The molecule has 86 heavy (non-hydrogen) atoms. The van der Waals surface area contributed by atoms with Crippen molar-refractivity contribution in [3.8, 4) is 5.75 Å². The maximum Gasteiger partial charge on any atom is 0.236 e. The molecule has 0 radical (unpaired) electrons. The molecular formula is C48H41Cl2N15O15S6-4. The van der Waals surface area contributed by atoms with Crippen LogP contribution in [-0.4, -0.2) is 146 Å². The maximum atomic E-state index is 12.9. The molecule has 0 saturated carbocycles. The van der Waals surface area contributed by atoms with Gasteiger partial charge in [0.2, 0.25) is 34.4 Å². The summed E-state index contributed by atoms with van der Waals surface area (Å²) >= 11 is 15.6. The number of halogens is 2. The molecule has 6 aromatic carbocycles. The number of hydrogen-bond acceptors (Lipinski definition) is 32. The van der Waals surface area contributed by atoms with E-state index in [4.69, 9.17) is 28.9 Å². The minimum Gasteiger partial charge on any atom is -0.744 e. The number of phenolic OH excluding ortho intramolecular Hbond substituents is 1. The fourth-order valence-electron chi connectivity index (χ4n) is 7.91. The first-order valence-electron chi connectivity index (χ1n) is 24.2. The van der Waals surface area contributed by atoms with Crippen molar-refractivity contribution in [3.63, 3.8) is 0 Å². The molecule has 0 amide bonds. The van der Waals surface area contributed by atoms with Crippen LogP contribution in [0.2, 0.25) is 10.6 Å². The molecule has 0 aliphatic carbocycles. The molecule has 0 spiro atoms. The fraction of sp³-hybridized carbons (Fsp3) is 0.167. The van der Waals surface area contributed by atoms with E-state index >= 15 is 0 Å². The van der Waals surface area contributed by atoms with E-state index < -0.39 is 105 Å². The molecule has 0 bridgehead atoms. The van der Waals surface area contributed by atoms with Crippen molar-refractivity contribution >= 4 is 173 Å². The van der Waals surface area contributed by atoms with Crippen molar-refractivity contribution in [3.05, 3.63) is 120 Å². The number of anilines is 9. The lowest BCUT2D eigenvalue weighted by Crippen LogP contribution is -2.23. The van der Waals surface area contributed by atoms with Crippen LogP contribution in [0.1, 0.15) is 0 Å². The van der Waals surface area contributed by atoms with Crippen molar-refractivity contribution in [1.29, 1.82) is 0 Å². The minimum atomic E-state index is -5.82. The summed E-state index contributed by atoms with van der Waals surface area (Å²) in [6.45, 7) is 0.531. The van der Waals surface area contributed by atoms with Gasteiger partial charge in [0, 0.05) is 58.9 Å². The van der Waals surface area contributed by atoms with Crippen LogP contribution < -0.4 is 26.2 Å². The summed E-state index contributed by atoms with van der Waals surface area (Å²) in [6.07, 6.45) is 0. The Labute approximate surface area is 507 Å². The molecule has 8 aromatic rings. The summed E-state index contributed by atoms with van der Waals surface area (Å²) in [4.78, 5) is 24.0. The molecule has 0 unspecified atom stereocenters. The monoisotopic (exact) mass is 1330 g/mol. The number of phenols is 1. The van der Waals surface area contributed by atoms with E-state index in [1.165, 1.54) is 23.5 Å². The van der Waals surface area contributed by atoms with Gasteiger partial charge in [0.05, 0.1) is 43.9 Å². The van der Waals surface area contributed by atoms with E-state index in [0.29, 0.717) is 59.6 Å². The lowest BCUT2D eigenvalue weighted by molar-refractivity contribution is 0.322. The molecule has 38 heteroatoms. The summed E-state index contributed by atoms with van der Waals surface area (Å²) in [5, 5.41) is 48.6. The second-order valence-corrected chi connectivity index (χ2v) is 25.8. The lowest BCUT2D eigenvalue weighted by Gasteiger charge is -2.23. The summed E-state index contributed by atoms with van der Waals surface area (Å²) < 4.78 is 153. The Morgan fingerprint density at radius 1 is 0.512 bits per heavy atom. The van der Waals surface area contributed by atoms with Gasteiger partial charge in [-0.25, -0.2) is 33.7 Å². The average molecular weight is 1330 g/mol. The first-order chi connectivity index (χ1) is 40.7. The maximum absolute atomic E-state index is 12.9. The number of aliphatic hydroxyl groups is 2. The zero-order valence-corrected chi connectivity index (χ0v) is 49.8. The van der Waals surface area contributed by atoms with Gasteiger partial charge >= 0.3 is 0 Å². The Morgan fingerprint density at radius 2 is 0.907 bits per heavy atom. The van der Waals surface area contributed by atoms with E-state index in [1.54, 1.807) is 70.5 Å². The normalized spacial score (nSPS) is 12.3. The van der Waals surface area contributed by atoms with Crippen LogP contribution in [0.15, 0.2) is 149 Å². The van der Waals surface area contributed by atoms with Crippen LogP contribution >= 0.6 is 46.7 Å². The third-order valence-corrected chi connectivity index (χ3v) is 17.2. The number of aromatic nitrogens is 6. The third kappa shape index (κ3) is 16.1. The molecule has 2 aromatic heterocycles. The van der Waals surface area contributed by atoms with Gasteiger partial charge in [-0.15, -0.1) is 20.5 Å². The third-order valence-electron chi connectivity index (χ3n) is 11.5. The van der Waals surface area contributed by atoms with Crippen molar-refractivity contribution in [2.24, 2.45) is 20.5 Å². The van der Waals surface area contributed by atoms with E-state index in [-0.39, 0.29) is 58.9 Å². The van der Waals surface area contributed by atoms with Crippen LogP contribution in [0.5, 0.6) is 5.75 Å². The molecule has 0 fully saturated rings. The summed E-state index contributed by atoms with van der Waals surface area (Å²) in [6, 6.07) is 24.1. The van der Waals surface area contributed by atoms with E-state index in [0.717, 1.165) is 36.4 Å². The highest BCUT2D eigenvalue weighted by Gasteiger charge is 2.26. The second kappa shape index (κ2) is 27.4. The molecule has 0 aliphatic rings. The Morgan fingerprint density at radius 3 is 1.30 bits per heavy atom. The molecule has 0 atom stereocenters. The smallest absolute Gasteiger partial charge is 0.236 e. The molecule has 0 saturated heterocycles. The SMILES string of the molecule is Nc1c(N=Nc2cc(Nc3nc(Cl)nc(N(CCSCCO)c4ccccc4)n3)ccc2S(=O)(=O)[O-])c(S(=O)(=O)[O-])cc2cc(S(=O)(=O)[O-])c(N=Nc3cc(Nc4nc(Cl)nc(N(CCSCCO)c5ccccc5)n4)ccc3S(=O)(=O)[O-])c(O)c12. The van der Waals surface area contributed by atoms with Crippen LogP contribution in [0.4, 0.5) is 75.0 Å². The summed E-state index contributed by atoms with van der Waals surface area (Å²) in [7, 11) is -22.5. The number of fused-ring (bicyclic) bond motifs is 1. The number of nitrogen functional groups attached to an aromatic ring is 1. The van der Waals surface area contributed by atoms with Crippen LogP contribution in [0, 0.1) is 0 Å². The number of nitrogens with zero attached hydrogens (tertiary/aromatic N) is 12. The molecular weight excluding hydrogens is 1290 g/mol. The Balaban J connectivity index is 1.19. The average Bonchev–Trinajstić information content (AvgIpc) is 0.953. The summed E-state index contributed by atoms with van der Waals surface area (Å²) in [5.41, 5.74) is 2.32. The van der Waals surface area contributed by atoms with Gasteiger partial charge in [-0.2, -0.15) is 53.4 Å². The van der Waals surface area contributed by atoms with Crippen LogP contribution in [0.25, 0.3) is 10.8 Å². The summed E-state index contributed by atoms with van der Waals surface area (Å²) in [5.74, 6) is 0.132. The van der Waals surface area contributed by atoms with E-state index in [2.05, 4.69) is 61.0 Å². The van der Waals surface area contributed by atoms with Crippen molar-refractivity contribution in [2.75, 3.05) is 75.5 Å². The van der Waals surface area contributed by atoms with Crippen molar-refractivity contribution < 1.29 is 67.2 Å². The van der Waals surface area contributed by atoms with Crippen LogP contribution in [-0.2, 0) is 40.5 Å². The number of benzene rings is 6. The molecule has 452 valence electrons.